The molecule has 4 rings (SSSR count). The molecule has 5 heteroatoms. The third-order valence-corrected chi connectivity index (χ3v) is 8.00. The first-order valence-electron chi connectivity index (χ1n) is 13.4. The molecule has 1 saturated heterocycles. The van der Waals surface area contributed by atoms with E-state index in [9.17, 15) is 8.78 Å². The van der Waals surface area contributed by atoms with E-state index in [-0.39, 0.29) is 6.61 Å². The van der Waals surface area contributed by atoms with Gasteiger partial charge in [0.25, 0.3) is 0 Å². The van der Waals surface area contributed by atoms with Gasteiger partial charge in [-0.25, -0.2) is 0 Å². The average molecular weight is 521 g/mol. The lowest BCUT2D eigenvalue weighted by molar-refractivity contribution is -0.0419. The standard InChI is InChI=1S/C33H38F2O3/c1-5-24-6-12-29(13-7-24)31-19-18-30(21-38-31)28-16-14-27(15-17-28)26-10-8-25(9-11-26)20-37-23(3)33(35)32(34)22(2)36-4/h5,8-11,14-17,24,29-31H,1-3,6-7,12-13,18-21H2,4H3/b33-32-. The van der Waals surface area contributed by atoms with Crippen molar-refractivity contribution in [2.75, 3.05) is 13.7 Å². The zero-order valence-electron chi connectivity index (χ0n) is 22.3. The van der Waals surface area contributed by atoms with Gasteiger partial charge in [-0.3, -0.25) is 0 Å². The highest BCUT2D eigenvalue weighted by Crippen LogP contribution is 2.38. The van der Waals surface area contributed by atoms with Crippen molar-refractivity contribution in [3.8, 4) is 11.1 Å². The van der Waals surface area contributed by atoms with Gasteiger partial charge in [-0.2, -0.15) is 8.78 Å². The number of rotatable bonds is 10. The van der Waals surface area contributed by atoms with E-state index in [0.29, 0.717) is 23.9 Å². The minimum atomic E-state index is -1.22. The molecule has 0 amide bonds. The first kappa shape index (κ1) is 27.8. The summed E-state index contributed by atoms with van der Waals surface area (Å²) in [5, 5.41) is 0. The van der Waals surface area contributed by atoms with Crippen molar-refractivity contribution in [3.05, 3.63) is 109 Å². The zero-order chi connectivity index (χ0) is 27.1. The average Bonchev–Trinajstić information content (AvgIpc) is 2.99. The molecule has 2 fully saturated rings. The summed E-state index contributed by atoms with van der Waals surface area (Å²) in [6.07, 6.45) is 9.87. The Morgan fingerprint density at radius 1 is 0.868 bits per heavy atom. The second-order valence-corrected chi connectivity index (χ2v) is 10.3. The Labute approximate surface area is 225 Å². The molecule has 1 aliphatic carbocycles. The van der Waals surface area contributed by atoms with Crippen LogP contribution in [0.4, 0.5) is 8.78 Å². The second-order valence-electron chi connectivity index (χ2n) is 10.3. The maximum atomic E-state index is 14.0. The van der Waals surface area contributed by atoms with Gasteiger partial charge in [-0.15, -0.1) is 6.58 Å². The number of hydrogen-bond donors (Lipinski definition) is 0. The van der Waals surface area contributed by atoms with Crippen molar-refractivity contribution in [2.24, 2.45) is 11.8 Å². The predicted molar refractivity (Wildman–Crippen MR) is 149 cm³/mol. The summed E-state index contributed by atoms with van der Waals surface area (Å²) >= 11 is 0. The van der Waals surface area contributed by atoms with Crippen LogP contribution in [0.3, 0.4) is 0 Å². The molecule has 0 radical (unpaired) electrons. The van der Waals surface area contributed by atoms with E-state index in [4.69, 9.17) is 9.47 Å². The third kappa shape index (κ3) is 6.82. The molecule has 2 aliphatic rings. The third-order valence-electron chi connectivity index (χ3n) is 8.00. The van der Waals surface area contributed by atoms with Gasteiger partial charge in [0.2, 0.25) is 11.7 Å². The SMILES string of the molecule is C=CC1CCC(C2CCC(c3ccc(-c4ccc(COC(=C)/C(F)=C(/F)C(=C)OC)cc4)cc3)CO2)CC1. The van der Waals surface area contributed by atoms with E-state index < -0.39 is 23.2 Å². The molecule has 0 spiro atoms. The topological polar surface area (TPSA) is 27.7 Å². The van der Waals surface area contributed by atoms with Gasteiger partial charge < -0.3 is 14.2 Å². The molecular weight excluding hydrogens is 482 g/mol. The van der Waals surface area contributed by atoms with Gasteiger partial charge >= 0.3 is 0 Å². The van der Waals surface area contributed by atoms with Crippen molar-refractivity contribution in [3.63, 3.8) is 0 Å². The van der Waals surface area contributed by atoms with Crippen LogP contribution in [0.1, 0.15) is 55.6 Å². The largest absolute Gasteiger partial charge is 0.494 e. The Kier molecular flexibility index (Phi) is 9.57. The van der Waals surface area contributed by atoms with E-state index in [2.05, 4.69) is 54.8 Å². The summed E-state index contributed by atoms with van der Waals surface area (Å²) in [5.41, 5.74) is 4.33. The van der Waals surface area contributed by atoms with Crippen LogP contribution in [0, 0.1) is 11.8 Å². The Morgan fingerprint density at radius 3 is 2.03 bits per heavy atom. The second kappa shape index (κ2) is 13.1. The fourth-order valence-electron chi connectivity index (χ4n) is 5.47. The molecule has 2 unspecified atom stereocenters. The predicted octanol–water partition coefficient (Wildman–Crippen LogP) is 8.95. The van der Waals surface area contributed by atoms with Crippen molar-refractivity contribution in [1.29, 1.82) is 0 Å². The Bertz CT molecular complexity index is 1130. The molecule has 38 heavy (non-hydrogen) atoms. The van der Waals surface area contributed by atoms with Gasteiger partial charge in [-0.05, 0) is 72.6 Å². The van der Waals surface area contributed by atoms with Gasteiger partial charge in [0.05, 0.1) is 19.8 Å². The van der Waals surface area contributed by atoms with E-state index in [1.807, 2.05) is 24.3 Å². The first-order chi connectivity index (χ1) is 18.4. The quantitative estimate of drug-likeness (QED) is 0.178. The molecule has 2 aromatic carbocycles. The van der Waals surface area contributed by atoms with Crippen molar-refractivity contribution in [1.82, 2.24) is 0 Å². The highest BCUT2D eigenvalue weighted by Gasteiger charge is 2.31. The summed E-state index contributed by atoms with van der Waals surface area (Å²) in [5.74, 6) is -1.42. The van der Waals surface area contributed by atoms with Crippen molar-refractivity contribution in [2.45, 2.75) is 57.2 Å². The number of halogens is 2. The van der Waals surface area contributed by atoms with E-state index in [1.54, 1.807) is 0 Å². The maximum Gasteiger partial charge on any atom is 0.203 e. The maximum absolute atomic E-state index is 14.0. The molecule has 202 valence electrons. The molecule has 0 bridgehead atoms. The number of hydrogen-bond acceptors (Lipinski definition) is 3. The number of ether oxygens (including phenoxy) is 3. The molecule has 2 atom stereocenters. The van der Waals surface area contributed by atoms with E-state index in [1.165, 1.54) is 44.8 Å². The van der Waals surface area contributed by atoms with Crippen molar-refractivity contribution >= 4 is 0 Å². The minimum Gasteiger partial charge on any atom is -0.494 e. The van der Waals surface area contributed by atoms with Crippen LogP contribution in [0.2, 0.25) is 0 Å². The molecule has 2 aromatic rings. The monoisotopic (exact) mass is 520 g/mol. The molecule has 1 aliphatic heterocycles. The lowest BCUT2D eigenvalue weighted by Gasteiger charge is -2.37. The Hall–Kier alpha value is -3.18. The number of allylic oxidation sites excluding steroid dienone is 3. The summed E-state index contributed by atoms with van der Waals surface area (Å²) in [4.78, 5) is 0. The Morgan fingerprint density at radius 2 is 1.47 bits per heavy atom. The van der Waals surface area contributed by atoms with Crippen LogP contribution in [0.15, 0.2) is 97.5 Å². The van der Waals surface area contributed by atoms with Gasteiger partial charge in [0, 0.05) is 5.92 Å². The fraction of sp³-hybridized carbons (Fsp3) is 0.394. The molecule has 1 heterocycles. The number of benzene rings is 2. The van der Waals surface area contributed by atoms with Crippen molar-refractivity contribution < 1.29 is 23.0 Å². The highest BCUT2D eigenvalue weighted by atomic mass is 19.2. The summed E-state index contributed by atoms with van der Waals surface area (Å²) < 4.78 is 44.1. The van der Waals surface area contributed by atoms with E-state index in [0.717, 1.165) is 29.7 Å². The highest BCUT2D eigenvalue weighted by molar-refractivity contribution is 5.64. The molecular formula is C33H38F2O3. The van der Waals surface area contributed by atoms with Crippen LogP contribution in [0.5, 0.6) is 0 Å². The molecule has 0 N–H and O–H groups in total. The Balaban J connectivity index is 1.27. The lowest BCUT2D eigenvalue weighted by Crippen LogP contribution is -2.33. The summed E-state index contributed by atoms with van der Waals surface area (Å²) in [6, 6.07) is 16.5. The molecule has 1 saturated carbocycles. The normalized spacial score (nSPS) is 24.2. The summed E-state index contributed by atoms with van der Waals surface area (Å²) in [6.45, 7) is 11.6. The number of methoxy groups -OCH3 is 1. The first-order valence-corrected chi connectivity index (χ1v) is 13.4. The molecule has 3 nitrogen and oxygen atoms in total. The lowest BCUT2D eigenvalue weighted by atomic mass is 9.77. The smallest absolute Gasteiger partial charge is 0.203 e. The van der Waals surface area contributed by atoms with Gasteiger partial charge in [0.1, 0.15) is 6.61 Å². The zero-order valence-corrected chi connectivity index (χ0v) is 22.3. The fourth-order valence-corrected chi connectivity index (χ4v) is 5.47. The van der Waals surface area contributed by atoms with Crippen LogP contribution >= 0.6 is 0 Å². The van der Waals surface area contributed by atoms with Gasteiger partial charge in [0.15, 0.2) is 11.5 Å². The van der Waals surface area contributed by atoms with Crippen LogP contribution in [-0.4, -0.2) is 19.8 Å². The van der Waals surface area contributed by atoms with Gasteiger partial charge in [-0.1, -0.05) is 67.8 Å². The van der Waals surface area contributed by atoms with Crippen LogP contribution in [0.25, 0.3) is 11.1 Å². The minimum absolute atomic E-state index is 0.0660. The summed E-state index contributed by atoms with van der Waals surface area (Å²) in [7, 11) is 1.21. The van der Waals surface area contributed by atoms with E-state index >= 15 is 0 Å². The van der Waals surface area contributed by atoms with Crippen LogP contribution < -0.4 is 0 Å². The molecule has 0 aromatic heterocycles. The van der Waals surface area contributed by atoms with Crippen LogP contribution in [-0.2, 0) is 20.8 Å².